The van der Waals surface area contributed by atoms with E-state index in [1.54, 1.807) is 0 Å². The molecular formula is C15H17FN2O4. The molecule has 0 heterocycles. The molecule has 2 amide bonds. The van der Waals surface area contributed by atoms with Gasteiger partial charge in [-0.05, 0) is 44.0 Å². The lowest BCUT2D eigenvalue weighted by atomic mass is 10.2. The van der Waals surface area contributed by atoms with Gasteiger partial charge in [0.1, 0.15) is 12.4 Å². The summed E-state index contributed by atoms with van der Waals surface area (Å²) < 4.78 is 17.7. The Morgan fingerprint density at radius 2 is 1.91 bits per heavy atom. The third-order valence-corrected chi connectivity index (χ3v) is 3.10. The molecule has 118 valence electrons. The van der Waals surface area contributed by atoms with Crippen LogP contribution in [0.25, 0.3) is 0 Å². The van der Waals surface area contributed by atoms with Gasteiger partial charge in [-0.1, -0.05) is 0 Å². The van der Waals surface area contributed by atoms with Crippen LogP contribution in [0.15, 0.2) is 24.3 Å². The number of esters is 1. The highest BCUT2D eigenvalue weighted by Gasteiger charge is 2.27. The number of carbonyl (C=O) groups excluding carboxylic acids is 3. The predicted molar refractivity (Wildman–Crippen MR) is 75.5 cm³/mol. The third-order valence-electron chi connectivity index (χ3n) is 3.10. The second-order valence-corrected chi connectivity index (χ2v) is 5.10. The lowest BCUT2D eigenvalue weighted by Crippen LogP contribution is -2.39. The Morgan fingerprint density at radius 3 is 2.50 bits per heavy atom. The number of hydrogen-bond acceptors (Lipinski definition) is 4. The van der Waals surface area contributed by atoms with Crippen molar-refractivity contribution in [2.45, 2.75) is 31.9 Å². The van der Waals surface area contributed by atoms with Crippen LogP contribution in [0.1, 0.15) is 30.1 Å². The van der Waals surface area contributed by atoms with E-state index in [9.17, 15) is 18.8 Å². The average Bonchev–Trinajstić information content (AvgIpc) is 3.29. The Bertz CT molecular complexity index is 569. The number of benzene rings is 1. The minimum Gasteiger partial charge on any atom is -0.451 e. The van der Waals surface area contributed by atoms with Crippen molar-refractivity contribution in [1.29, 1.82) is 0 Å². The van der Waals surface area contributed by atoms with Crippen LogP contribution in [-0.2, 0) is 14.3 Å². The molecule has 1 aliphatic carbocycles. The molecule has 0 aliphatic heterocycles. The van der Waals surface area contributed by atoms with Gasteiger partial charge in [0.05, 0.1) is 0 Å². The molecule has 2 N–H and O–H groups in total. The Balaban J connectivity index is 1.73. The van der Waals surface area contributed by atoms with E-state index < -0.39 is 23.8 Å². The van der Waals surface area contributed by atoms with Gasteiger partial charge in [0.15, 0.2) is 6.10 Å². The van der Waals surface area contributed by atoms with Gasteiger partial charge in [0.2, 0.25) is 0 Å². The van der Waals surface area contributed by atoms with Crippen LogP contribution in [0, 0.1) is 5.82 Å². The topological polar surface area (TPSA) is 84.5 Å². The molecule has 0 radical (unpaired) electrons. The van der Waals surface area contributed by atoms with Crippen molar-refractivity contribution in [2.75, 3.05) is 6.54 Å². The minimum atomic E-state index is -0.907. The first-order valence-corrected chi connectivity index (χ1v) is 6.99. The highest BCUT2D eigenvalue weighted by Crippen LogP contribution is 2.18. The zero-order valence-electron chi connectivity index (χ0n) is 12.1. The second kappa shape index (κ2) is 7.02. The molecule has 1 fully saturated rings. The average molecular weight is 308 g/mol. The van der Waals surface area contributed by atoms with E-state index in [1.165, 1.54) is 19.1 Å². The molecule has 0 bridgehead atoms. The highest BCUT2D eigenvalue weighted by atomic mass is 19.1. The predicted octanol–water partition coefficient (Wildman–Crippen LogP) is 0.766. The van der Waals surface area contributed by atoms with Crippen LogP contribution in [0.2, 0.25) is 0 Å². The van der Waals surface area contributed by atoms with E-state index in [0.29, 0.717) is 0 Å². The summed E-state index contributed by atoms with van der Waals surface area (Å²) in [5.74, 6) is -2.03. The van der Waals surface area contributed by atoms with Gasteiger partial charge in [0, 0.05) is 11.6 Å². The minimum absolute atomic E-state index is 0.187. The van der Waals surface area contributed by atoms with E-state index in [1.807, 2.05) is 0 Å². The number of nitrogens with one attached hydrogen (secondary N) is 2. The van der Waals surface area contributed by atoms with E-state index in [4.69, 9.17) is 4.74 Å². The summed E-state index contributed by atoms with van der Waals surface area (Å²) >= 11 is 0. The van der Waals surface area contributed by atoms with E-state index in [-0.39, 0.29) is 24.1 Å². The Hall–Kier alpha value is -2.44. The number of halogens is 1. The SMILES string of the molecule is C[C@H](OC(=O)CNC(=O)c1ccc(F)cc1)C(=O)NC1CC1. The van der Waals surface area contributed by atoms with Gasteiger partial charge in [0.25, 0.3) is 11.8 Å². The van der Waals surface area contributed by atoms with Crippen LogP contribution in [0.5, 0.6) is 0 Å². The Labute approximate surface area is 127 Å². The van der Waals surface area contributed by atoms with Gasteiger partial charge in [-0.3, -0.25) is 14.4 Å². The summed E-state index contributed by atoms with van der Waals surface area (Å²) in [6, 6.07) is 5.10. The summed E-state index contributed by atoms with van der Waals surface area (Å²) in [5, 5.41) is 5.06. The van der Waals surface area contributed by atoms with Gasteiger partial charge in [-0.25, -0.2) is 4.39 Å². The van der Waals surface area contributed by atoms with E-state index >= 15 is 0 Å². The second-order valence-electron chi connectivity index (χ2n) is 5.10. The summed E-state index contributed by atoms with van der Waals surface area (Å²) in [7, 11) is 0. The fourth-order valence-electron chi connectivity index (χ4n) is 1.69. The maximum atomic E-state index is 12.7. The monoisotopic (exact) mass is 308 g/mol. The fraction of sp³-hybridized carbons (Fsp3) is 0.400. The molecule has 22 heavy (non-hydrogen) atoms. The van der Waals surface area contributed by atoms with Crippen molar-refractivity contribution < 1.29 is 23.5 Å². The third kappa shape index (κ3) is 4.83. The standard InChI is InChI=1S/C15H17FN2O4/c1-9(14(20)18-12-6-7-12)22-13(19)8-17-15(21)10-2-4-11(16)5-3-10/h2-5,9,12H,6-8H2,1H3,(H,17,21)(H,18,20)/t9-/m0/s1. The van der Waals surface area contributed by atoms with Crippen LogP contribution in [-0.4, -0.2) is 36.5 Å². The maximum absolute atomic E-state index is 12.7. The number of rotatable bonds is 6. The zero-order chi connectivity index (χ0) is 16.1. The lowest BCUT2D eigenvalue weighted by Gasteiger charge is -2.13. The van der Waals surface area contributed by atoms with Crippen LogP contribution in [0.4, 0.5) is 4.39 Å². The highest BCUT2D eigenvalue weighted by molar-refractivity contribution is 5.96. The van der Waals surface area contributed by atoms with Crippen molar-refractivity contribution in [3.8, 4) is 0 Å². The fourth-order valence-corrected chi connectivity index (χ4v) is 1.69. The zero-order valence-corrected chi connectivity index (χ0v) is 12.1. The number of amides is 2. The molecule has 0 aromatic heterocycles. The molecule has 0 saturated heterocycles. The first-order chi connectivity index (χ1) is 10.5. The van der Waals surface area contributed by atoms with Gasteiger partial charge in [-0.15, -0.1) is 0 Å². The molecule has 2 rings (SSSR count). The molecule has 1 aliphatic rings. The lowest BCUT2D eigenvalue weighted by molar-refractivity contribution is -0.153. The summed E-state index contributed by atoms with van der Waals surface area (Å²) in [5.41, 5.74) is 0.230. The molecule has 7 heteroatoms. The number of ether oxygens (including phenoxy) is 1. The molecule has 1 atom stereocenters. The smallest absolute Gasteiger partial charge is 0.326 e. The van der Waals surface area contributed by atoms with E-state index in [0.717, 1.165) is 25.0 Å². The molecule has 6 nitrogen and oxygen atoms in total. The molecule has 0 unspecified atom stereocenters. The van der Waals surface area contributed by atoms with Crippen LogP contribution in [0.3, 0.4) is 0 Å². The largest absolute Gasteiger partial charge is 0.451 e. The quantitative estimate of drug-likeness (QED) is 0.760. The number of hydrogen-bond donors (Lipinski definition) is 2. The first-order valence-electron chi connectivity index (χ1n) is 6.99. The van der Waals surface area contributed by atoms with Crippen LogP contribution < -0.4 is 10.6 Å². The molecule has 1 aromatic rings. The molecular weight excluding hydrogens is 291 g/mol. The summed E-state index contributed by atoms with van der Waals surface area (Å²) in [4.78, 5) is 34.9. The Kier molecular flexibility index (Phi) is 5.08. The van der Waals surface area contributed by atoms with Gasteiger partial charge >= 0.3 is 5.97 Å². The maximum Gasteiger partial charge on any atom is 0.326 e. The molecule has 1 aromatic carbocycles. The van der Waals surface area contributed by atoms with Gasteiger partial charge < -0.3 is 15.4 Å². The van der Waals surface area contributed by atoms with E-state index in [2.05, 4.69) is 10.6 Å². The molecule has 1 saturated carbocycles. The van der Waals surface area contributed by atoms with Crippen molar-refractivity contribution >= 4 is 17.8 Å². The van der Waals surface area contributed by atoms with Crippen LogP contribution >= 0.6 is 0 Å². The summed E-state index contributed by atoms with van der Waals surface area (Å²) in [6.07, 6.45) is 0.983. The first kappa shape index (κ1) is 15.9. The van der Waals surface area contributed by atoms with Crippen molar-refractivity contribution in [1.82, 2.24) is 10.6 Å². The summed E-state index contributed by atoms with van der Waals surface area (Å²) in [6.45, 7) is 1.11. The van der Waals surface area contributed by atoms with Crippen molar-refractivity contribution in [3.05, 3.63) is 35.6 Å². The van der Waals surface area contributed by atoms with Crippen molar-refractivity contribution in [3.63, 3.8) is 0 Å². The normalized spacial score (nSPS) is 14.8. The molecule has 0 spiro atoms. The van der Waals surface area contributed by atoms with Crippen molar-refractivity contribution in [2.24, 2.45) is 0 Å². The van der Waals surface area contributed by atoms with Gasteiger partial charge in [-0.2, -0.15) is 0 Å². The Morgan fingerprint density at radius 1 is 1.27 bits per heavy atom. The number of carbonyl (C=O) groups is 3.